The molecule has 0 radical (unpaired) electrons. The first-order valence-electron chi connectivity index (χ1n) is 7.01. The number of carbonyl (C=O) groups excluding carboxylic acids is 1. The van der Waals surface area contributed by atoms with Crippen LogP contribution in [-0.4, -0.2) is 29.2 Å². The molecule has 27 heavy (non-hydrogen) atoms. The third-order valence-corrected chi connectivity index (χ3v) is 4.58. The number of thiocarbonyl (C=S) groups is 1. The maximum Gasteiger partial charge on any atom is 0.335 e. The second-order valence-electron chi connectivity index (χ2n) is 5.00. The Morgan fingerprint density at radius 1 is 0.963 bits per heavy atom. The zero-order chi connectivity index (χ0) is 20.3. The van der Waals surface area contributed by atoms with E-state index in [0.717, 1.165) is 0 Å². The van der Waals surface area contributed by atoms with E-state index in [-0.39, 0.29) is 47.8 Å². The average molecular weight is 468 g/mol. The van der Waals surface area contributed by atoms with Crippen molar-refractivity contribution in [3.05, 3.63) is 55.5 Å². The third-order valence-electron chi connectivity index (χ3n) is 3.22. The van der Waals surface area contributed by atoms with Crippen molar-refractivity contribution in [2.24, 2.45) is 0 Å². The van der Waals surface area contributed by atoms with Gasteiger partial charge in [0.05, 0.1) is 38.5 Å². The normalized spacial score (nSPS) is 10.3. The van der Waals surface area contributed by atoms with Crippen molar-refractivity contribution in [1.82, 2.24) is 5.32 Å². The Balaban J connectivity index is 2.17. The van der Waals surface area contributed by atoms with Crippen molar-refractivity contribution in [3.8, 4) is 5.75 Å². The van der Waals surface area contributed by atoms with E-state index in [2.05, 4.69) is 10.6 Å². The molecular weight excluding hydrogens is 458 g/mol. The first kappa shape index (κ1) is 21.5. The number of ether oxygens (including phenoxy) is 1. The van der Waals surface area contributed by atoms with Crippen molar-refractivity contribution >= 4 is 81.3 Å². The summed E-state index contributed by atoms with van der Waals surface area (Å²) in [6, 6.07) is 5.13. The molecule has 3 N–H and O–H groups in total. The van der Waals surface area contributed by atoms with Gasteiger partial charge in [-0.2, -0.15) is 0 Å². The number of nitrogens with one attached hydrogen (secondary N) is 2. The Bertz CT molecular complexity index is 906. The molecule has 1 amide bonds. The molecule has 0 heterocycles. The van der Waals surface area contributed by atoms with Gasteiger partial charge in [0.2, 0.25) is 0 Å². The van der Waals surface area contributed by atoms with Gasteiger partial charge in [-0.1, -0.05) is 46.4 Å². The van der Waals surface area contributed by atoms with Crippen LogP contribution in [0.15, 0.2) is 24.3 Å². The van der Waals surface area contributed by atoms with Crippen LogP contribution in [0.2, 0.25) is 20.1 Å². The van der Waals surface area contributed by atoms with Crippen LogP contribution in [0.25, 0.3) is 0 Å². The largest absolute Gasteiger partial charge is 0.494 e. The number of benzene rings is 2. The van der Waals surface area contributed by atoms with Crippen molar-refractivity contribution < 1.29 is 19.4 Å². The number of carboxylic acids is 1. The Morgan fingerprint density at radius 2 is 1.44 bits per heavy atom. The molecular formula is C16H10Cl4N2O4S. The van der Waals surface area contributed by atoms with Gasteiger partial charge in [0.25, 0.3) is 5.91 Å². The predicted octanol–water partition coefficient (Wildman–Crippen LogP) is 5.13. The maximum absolute atomic E-state index is 12.3. The summed E-state index contributed by atoms with van der Waals surface area (Å²) < 4.78 is 5.02. The summed E-state index contributed by atoms with van der Waals surface area (Å²) in [4.78, 5) is 23.3. The smallest absolute Gasteiger partial charge is 0.335 e. The monoisotopic (exact) mass is 466 g/mol. The number of amides is 1. The zero-order valence-corrected chi connectivity index (χ0v) is 17.2. The number of anilines is 1. The second kappa shape index (κ2) is 8.95. The van der Waals surface area contributed by atoms with E-state index >= 15 is 0 Å². The highest BCUT2D eigenvalue weighted by atomic mass is 35.5. The Hall–Kier alpha value is -1.77. The number of hydrogen-bond donors (Lipinski definition) is 3. The number of hydrogen-bond acceptors (Lipinski definition) is 4. The van der Waals surface area contributed by atoms with E-state index in [1.807, 2.05) is 0 Å². The Morgan fingerprint density at radius 3 is 1.89 bits per heavy atom. The topological polar surface area (TPSA) is 87.7 Å². The molecule has 0 unspecified atom stereocenters. The van der Waals surface area contributed by atoms with E-state index < -0.39 is 11.9 Å². The molecule has 0 saturated carbocycles. The lowest BCUT2D eigenvalue weighted by Gasteiger charge is -2.14. The predicted molar refractivity (Wildman–Crippen MR) is 110 cm³/mol. The number of carboxylic acid groups (broad SMARTS) is 1. The highest BCUT2D eigenvalue weighted by Crippen LogP contribution is 2.34. The molecule has 11 heteroatoms. The molecule has 0 atom stereocenters. The van der Waals surface area contributed by atoms with Gasteiger partial charge in [-0.25, -0.2) is 4.79 Å². The van der Waals surface area contributed by atoms with Gasteiger partial charge in [-0.3, -0.25) is 10.1 Å². The molecule has 2 aromatic carbocycles. The molecule has 0 aliphatic carbocycles. The van der Waals surface area contributed by atoms with Crippen molar-refractivity contribution in [3.63, 3.8) is 0 Å². The van der Waals surface area contributed by atoms with Gasteiger partial charge in [0.1, 0.15) is 0 Å². The fourth-order valence-electron chi connectivity index (χ4n) is 2.02. The molecule has 142 valence electrons. The van der Waals surface area contributed by atoms with Gasteiger partial charge >= 0.3 is 5.97 Å². The number of methoxy groups -OCH3 is 1. The minimum Gasteiger partial charge on any atom is -0.494 e. The highest BCUT2D eigenvalue weighted by Gasteiger charge is 2.17. The van der Waals surface area contributed by atoms with Gasteiger partial charge in [-0.15, -0.1) is 0 Å². The zero-order valence-electron chi connectivity index (χ0n) is 13.4. The summed E-state index contributed by atoms with van der Waals surface area (Å²) in [6.45, 7) is 0. The first-order chi connectivity index (χ1) is 12.6. The van der Waals surface area contributed by atoms with Crippen LogP contribution in [0.1, 0.15) is 20.7 Å². The van der Waals surface area contributed by atoms with E-state index in [9.17, 15) is 9.59 Å². The molecule has 0 fully saturated rings. The summed E-state index contributed by atoms with van der Waals surface area (Å²) in [5, 5.41) is 14.3. The Labute approximate surface area is 179 Å². The van der Waals surface area contributed by atoms with Crippen molar-refractivity contribution in [1.29, 1.82) is 0 Å². The molecule has 2 aromatic rings. The maximum atomic E-state index is 12.3. The average Bonchev–Trinajstić information content (AvgIpc) is 2.57. The van der Waals surface area contributed by atoms with Crippen LogP contribution < -0.4 is 15.4 Å². The van der Waals surface area contributed by atoms with Gasteiger partial charge in [0.15, 0.2) is 10.9 Å². The number of rotatable bonds is 4. The number of carbonyl (C=O) groups is 2. The summed E-state index contributed by atoms with van der Waals surface area (Å²) in [5.41, 5.74) is 0.209. The lowest BCUT2D eigenvalue weighted by Crippen LogP contribution is -2.34. The summed E-state index contributed by atoms with van der Waals surface area (Å²) in [6.07, 6.45) is 0. The molecule has 0 aromatic heterocycles. The molecule has 0 saturated heterocycles. The fraction of sp³-hybridized carbons (Fsp3) is 0.0625. The second-order valence-corrected chi connectivity index (χ2v) is 7.04. The molecule has 0 aliphatic heterocycles. The van der Waals surface area contributed by atoms with Gasteiger partial charge in [-0.05, 0) is 36.5 Å². The van der Waals surface area contributed by atoms with Crippen LogP contribution in [-0.2, 0) is 0 Å². The van der Waals surface area contributed by atoms with Crippen molar-refractivity contribution in [2.75, 3.05) is 12.4 Å². The fourth-order valence-corrected chi connectivity index (χ4v) is 3.44. The van der Waals surface area contributed by atoms with Gasteiger partial charge < -0.3 is 15.2 Å². The van der Waals surface area contributed by atoms with Crippen molar-refractivity contribution in [2.45, 2.75) is 0 Å². The summed E-state index contributed by atoms with van der Waals surface area (Å²) in [5.74, 6) is -1.53. The quantitative estimate of drug-likeness (QED) is 0.540. The van der Waals surface area contributed by atoms with Crippen LogP contribution >= 0.6 is 58.6 Å². The molecule has 0 aliphatic rings. The lowest BCUT2D eigenvalue weighted by atomic mass is 10.2. The number of halogens is 4. The minimum absolute atomic E-state index is 0.0204. The molecule has 0 bridgehead atoms. The van der Waals surface area contributed by atoms with E-state index in [1.165, 1.54) is 31.4 Å². The molecule has 2 rings (SSSR count). The van der Waals surface area contributed by atoms with Crippen LogP contribution in [0.5, 0.6) is 5.75 Å². The first-order valence-corrected chi connectivity index (χ1v) is 8.93. The summed E-state index contributed by atoms with van der Waals surface area (Å²) in [7, 11) is 1.40. The standard InChI is InChI=1S/C16H10Cl4N2O4S/c1-26-13-10(19)2-6(3-11(13)20)14(23)22-16(27)21-12-8(17)4-7(15(24)25)5-9(12)18/h2-5H,1H3,(H,24,25)(H2,21,22,23,27). The van der Waals surface area contributed by atoms with E-state index in [4.69, 9.17) is 68.5 Å². The van der Waals surface area contributed by atoms with E-state index in [0.29, 0.717) is 0 Å². The van der Waals surface area contributed by atoms with Crippen LogP contribution in [0.3, 0.4) is 0 Å². The van der Waals surface area contributed by atoms with Crippen LogP contribution in [0, 0.1) is 0 Å². The molecule has 6 nitrogen and oxygen atoms in total. The lowest BCUT2D eigenvalue weighted by molar-refractivity contribution is 0.0696. The third kappa shape index (κ3) is 5.15. The minimum atomic E-state index is -1.19. The highest BCUT2D eigenvalue weighted by molar-refractivity contribution is 7.80. The summed E-state index contributed by atoms with van der Waals surface area (Å²) >= 11 is 29.1. The number of aromatic carboxylic acids is 1. The Kier molecular flexibility index (Phi) is 7.13. The van der Waals surface area contributed by atoms with E-state index in [1.54, 1.807) is 0 Å². The molecule has 0 spiro atoms. The van der Waals surface area contributed by atoms with Crippen LogP contribution in [0.4, 0.5) is 5.69 Å². The van der Waals surface area contributed by atoms with Gasteiger partial charge in [0, 0.05) is 5.56 Å². The SMILES string of the molecule is COc1c(Cl)cc(C(=O)NC(=S)Nc2c(Cl)cc(C(=O)O)cc2Cl)cc1Cl.